The number of nitrogens with one attached hydrogen (secondary N) is 2. The first-order chi connectivity index (χ1) is 13.9. The Morgan fingerprint density at radius 2 is 1.76 bits per heavy atom. The fourth-order valence-electron chi connectivity index (χ4n) is 3.81. The molecule has 0 unspecified atom stereocenters. The molecule has 1 saturated heterocycles. The van der Waals surface area contributed by atoms with Crippen molar-refractivity contribution in [3.63, 3.8) is 0 Å². The molecule has 1 aliphatic rings. The monoisotopic (exact) mass is 393 g/mol. The fraction of sp³-hybridized carbons (Fsp3) is 0.417. The first kappa shape index (κ1) is 20.9. The van der Waals surface area contributed by atoms with Crippen LogP contribution in [0.4, 0.5) is 4.79 Å². The van der Waals surface area contributed by atoms with E-state index >= 15 is 0 Å². The highest BCUT2D eigenvalue weighted by Crippen LogP contribution is 2.27. The second-order valence-electron chi connectivity index (χ2n) is 8.12. The van der Waals surface area contributed by atoms with Crippen molar-refractivity contribution < 1.29 is 9.59 Å². The summed E-state index contributed by atoms with van der Waals surface area (Å²) in [7, 11) is 0. The molecule has 1 aliphatic heterocycles. The number of nitrogens with zero attached hydrogens (tertiary/aromatic N) is 1. The zero-order valence-electron chi connectivity index (χ0n) is 17.5. The summed E-state index contributed by atoms with van der Waals surface area (Å²) in [5.74, 6) is 0.175. The van der Waals surface area contributed by atoms with Crippen molar-refractivity contribution >= 4 is 11.9 Å². The van der Waals surface area contributed by atoms with Crippen molar-refractivity contribution in [2.24, 2.45) is 0 Å². The third kappa shape index (κ3) is 5.59. The van der Waals surface area contributed by atoms with E-state index < -0.39 is 0 Å². The van der Waals surface area contributed by atoms with Gasteiger partial charge < -0.3 is 15.5 Å². The number of piperidine rings is 1. The zero-order valence-corrected chi connectivity index (χ0v) is 17.5. The Labute approximate surface area is 173 Å². The molecule has 3 amide bonds. The summed E-state index contributed by atoms with van der Waals surface area (Å²) in [5.41, 5.74) is 2.86. The molecule has 0 bridgehead atoms. The second-order valence-corrected chi connectivity index (χ2v) is 8.12. The number of rotatable bonds is 5. The summed E-state index contributed by atoms with van der Waals surface area (Å²) >= 11 is 0. The molecule has 3 rings (SSSR count). The maximum Gasteiger partial charge on any atom is 0.317 e. The van der Waals surface area contributed by atoms with Gasteiger partial charge in [-0.15, -0.1) is 0 Å². The van der Waals surface area contributed by atoms with Crippen LogP contribution in [0, 0.1) is 0 Å². The number of amides is 3. The van der Waals surface area contributed by atoms with Crippen LogP contribution in [0.15, 0.2) is 54.6 Å². The van der Waals surface area contributed by atoms with Gasteiger partial charge in [-0.25, -0.2) is 4.79 Å². The van der Waals surface area contributed by atoms with Crippen LogP contribution in [-0.2, 0) is 0 Å². The molecular weight excluding hydrogens is 362 g/mol. The predicted molar refractivity (Wildman–Crippen MR) is 116 cm³/mol. The van der Waals surface area contributed by atoms with E-state index in [0.717, 1.165) is 30.5 Å². The SMILES string of the molecule is CC(C)NC(=O)N1CCC[C@H](c2cccc(C(=O)N[C@H](C)c3ccccc3)c2)C1. The molecule has 0 saturated carbocycles. The summed E-state index contributed by atoms with van der Waals surface area (Å²) in [5, 5.41) is 6.05. The van der Waals surface area contributed by atoms with Gasteiger partial charge in [-0.3, -0.25) is 4.79 Å². The molecule has 0 radical (unpaired) electrons. The Kier molecular flexibility index (Phi) is 6.91. The normalized spacial score (nSPS) is 17.7. The highest BCUT2D eigenvalue weighted by atomic mass is 16.2. The molecule has 5 nitrogen and oxygen atoms in total. The number of carbonyl (C=O) groups is 2. The molecule has 29 heavy (non-hydrogen) atoms. The number of hydrogen-bond acceptors (Lipinski definition) is 2. The highest BCUT2D eigenvalue weighted by molar-refractivity contribution is 5.94. The van der Waals surface area contributed by atoms with E-state index in [4.69, 9.17) is 0 Å². The van der Waals surface area contributed by atoms with Crippen LogP contribution in [0.5, 0.6) is 0 Å². The highest BCUT2D eigenvalue weighted by Gasteiger charge is 2.25. The largest absolute Gasteiger partial charge is 0.346 e. The lowest BCUT2D eigenvalue weighted by Crippen LogP contribution is -2.47. The lowest BCUT2D eigenvalue weighted by Gasteiger charge is -2.33. The summed E-state index contributed by atoms with van der Waals surface area (Å²) < 4.78 is 0. The van der Waals surface area contributed by atoms with Gasteiger partial charge in [-0.2, -0.15) is 0 Å². The van der Waals surface area contributed by atoms with Crippen LogP contribution in [-0.4, -0.2) is 36.0 Å². The summed E-state index contributed by atoms with van der Waals surface area (Å²) in [6, 6.07) is 17.8. The fourth-order valence-corrected chi connectivity index (χ4v) is 3.81. The van der Waals surface area contributed by atoms with E-state index in [1.165, 1.54) is 0 Å². The number of carbonyl (C=O) groups excluding carboxylic acids is 2. The minimum Gasteiger partial charge on any atom is -0.346 e. The number of urea groups is 1. The molecule has 1 heterocycles. The van der Waals surface area contributed by atoms with Gasteiger partial charge in [-0.1, -0.05) is 42.5 Å². The van der Waals surface area contributed by atoms with Crippen LogP contribution in [0.1, 0.15) is 67.1 Å². The van der Waals surface area contributed by atoms with Crippen molar-refractivity contribution in [2.75, 3.05) is 13.1 Å². The summed E-state index contributed by atoms with van der Waals surface area (Å²) in [6.07, 6.45) is 1.99. The minimum atomic E-state index is -0.0755. The van der Waals surface area contributed by atoms with Gasteiger partial charge in [0, 0.05) is 30.6 Å². The molecule has 2 aromatic carbocycles. The third-order valence-electron chi connectivity index (χ3n) is 5.39. The number of likely N-dealkylation sites (tertiary alicyclic amines) is 1. The molecule has 0 aromatic heterocycles. The summed E-state index contributed by atoms with van der Waals surface area (Å²) in [6.45, 7) is 7.40. The molecule has 2 atom stereocenters. The quantitative estimate of drug-likeness (QED) is 0.787. The molecule has 5 heteroatoms. The molecule has 1 fully saturated rings. The van der Waals surface area contributed by atoms with Crippen LogP contribution in [0.25, 0.3) is 0 Å². The second kappa shape index (κ2) is 9.59. The average Bonchev–Trinajstić information content (AvgIpc) is 2.74. The van der Waals surface area contributed by atoms with Crippen molar-refractivity contribution in [3.05, 3.63) is 71.3 Å². The Morgan fingerprint density at radius 1 is 1.00 bits per heavy atom. The molecule has 2 aromatic rings. The summed E-state index contributed by atoms with van der Waals surface area (Å²) in [4.78, 5) is 27.0. The van der Waals surface area contributed by atoms with E-state index in [0.29, 0.717) is 12.1 Å². The van der Waals surface area contributed by atoms with Crippen molar-refractivity contribution in [3.8, 4) is 0 Å². The number of benzene rings is 2. The van der Waals surface area contributed by atoms with Gasteiger partial charge in [0.25, 0.3) is 5.91 Å². The number of hydrogen-bond donors (Lipinski definition) is 2. The lowest BCUT2D eigenvalue weighted by atomic mass is 9.89. The smallest absolute Gasteiger partial charge is 0.317 e. The third-order valence-corrected chi connectivity index (χ3v) is 5.39. The van der Waals surface area contributed by atoms with E-state index in [1.54, 1.807) is 0 Å². The van der Waals surface area contributed by atoms with Crippen LogP contribution in [0.2, 0.25) is 0 Å². The van der Waals surface area contributed by atoms with Gasteiger partial charge in [0.1, 0.15) is 0 Å². The van der Waals surface area contributed by atoms with Gasteiger partial charge in [0.15, 0.2) is 0 Å². The standard InChI is InChI=1S/C24H31N3O2/c1-17(2)25-24(29)27-14-8-13-22(16-27)20-11-7-12-21(15-20)23(28)26-18(3)19-9-5-4-6-10-19/h4-7,9-12,15,17-18,22H,8,13-14,16H2,1-3H3,(H,25,29)(H,26,28)/t18-,22+/m1/s1. The maximum absolute atomic E-state index is 12.8. The van der Waals surface area contributed by atoms with Crippen molar-refractivity contribution in [2.45, 2.75) is 51.6 Å². The maximum atomic E-state index is 12.8. The lowest BCUT2D eigenvalue weighted by molar-refractivity contribution is 0.0939. The minimum absolute atomic E-state index is 0.00437. The van der Waals surface area contributed by atoms with E-state index in [9.17, 15) is 9.59 Å². The van der Waals surface area contributed by atoms with Crippen LogP contribution in [0.3, 0.4) is 0 Å². The van der Waals surface area contributed by atoms with E-state index in [-0.39, 0.29) is 29.9 Å². The Hall–Kier alpha value is -2.82. The Bertz CT molecular complexity index is 835. The Morgan fingerprint density at radius 3 is 2.48 bits per heavy atom. The van der Waals surface area contributed by atoms with Crippen molar-refractivity contribution in [1.82, 2.24) is 15.5 Å². The Balaban J connectivity index is 1.67. The van der Waals surface area contributed by atoms with E-state index in [2.05, 4.69) is 16.7 Å². The van der Waals surface area contributed by atoms with Gasteiger partial charge >= 0.3 is 6.03 Å². The topological polar surface area (TPSA) is 61.4 Å². The first-order valence-electron chi connectivity index (χ1n) is 10.4. The molecule has 0 spiro atoms. The van der Waals surface area contributed by atoms with Crippen molar-refractivity contribution in [1.29, 1.82) is 0 Å². The van der Waals surface area contributed by atoms with Crippen LogP contribution < -0.4 is 10.6 Å². The van der Waals surface area contributed by atoms with Crippen LogP contribution >= 0.6 is 0 Å². The first-order valence-corrected chi connectivity index (χ1v) is 10.4. The van der Waals surface area contributed by atoms with E-state index in [1.807, 2.05) is 74.2 Å². The van der Waals surface area contributed by atoms with Gasteiger partial charge in [-0.05, 0) is 56.9 Å². The molecule has 2 N–H and O–H groups in total. The average molecular weight is 394 g/mol. The zero-order chi connectivity index (χ0) is 20.8. The molecule has 154 valence electrons. The predicted octanol–water partition coefficient (Wildman–Crippen LogP) is 4.48. The molecule has 0 aliphatic carbocycles. The van der Waals surface area contributed by atoms with Gasteiger partial charge in [0.2, 0.25) is 0 Å². The molecular formula is C24H31N3O2. The van der Waals surface area contributed by atoms with Gasteiger partial charge in [0.05, 0.1) is 6.04 Å².